The molecule has 3 rings (SSSR count). The molecular formula is C17H24N3O4S+. The van der Waals surface area contributed by atoms with E-state index < -0.39 is 14.9 Å². The van der Waals surface area contributed by atoms with E-state index in [1.54, 1.807) is 0 Å². The molecule has 8 heteroatoms. The van der Waals surface area contributed by atoms with Crippen molar-refractivity contribution in [3.8, 4) is 0 Å². The number of sulfonamides is 1. The van der Waals surface area contributed by atoms with E-state index in [0.717, 1.165) is 32.5 Å². The lowest BCUT2D eigenvalue weighted by Crippen LogP contribution is -3.15. The zero-order chi connectivity index (χ0) is 17.9. The number of hydrogen-bond acceptors (Lipinski definition) is 4. The van der Waals surface area contributed by atoms with E-state index >= 15 is 0 Å². The first kappa shape index (κ1) is 18.0. The van der Waals surface area contributed by atoms with Crippen LogP contribution in [-0.2, 0) is 10.0 Å². The summed E-state index contributed by atoms with van der Waals surface area (Å²) in [5.41, 5.74) is -0.102. The SMILES string of the molecule is O=[N+]([O-])c1ccc(S(=O)(=O)N2CC[NH+](C[C@H]3CC=CCC3)CC2)cc1. The molecule has 0 amide bonds. The Morgan fingerprint density at radius 3 is 2.40 bits per heavy atom. The molecule has 1 heterocycles. The van der Waals surface area contributed by atoms with Gasteiger partial charge in [-0.25, -0.2) is 8.42 Å². The Hall–Kier alpha value is -1.77. The lowest BCUT2D eigenvalue weighted by molar-refractivity contribution is -0.907. The molecule has 25 heavy (non-hydrogen) atoms. The molecule has 7 nitrogen and oxygen atoms in total. The third kappa shape index (κ3) is 4.26. The molecule has 1 aliphatic heterocycles. The summed E-state index contributed by atoms with van der Waals surface area (Å²) in [5.74, 6) is 0.706. The van der Waals surface area contributed by atoms with Crippen molar-refractivity contribution in [2.45, 2.75) is 24.2 Å². The van der Waals surface area contributed by atoms with Crippen molar-refractivity contribution in [1.29, 1.82) is 0 Å². The summed E-state index contributed by atoms with van der Waals surface area (Å²) in [5, 5.41) is 10.7. The molecule has 1 N–H and O–H groups in total. The van der Waals surface area contributed by atoms with Gasteiger partial charge in [0.15, 0.2) is 0 Å². The van der Waals surface area contributed by atoms with E-state index in [4.69, 9.17) is 0 Å². The minimum Gasteiger partial charge on any atom is -0.333 e. The van der Waals surface area contributed by atoms with Crippen LogP contribution in [0.15, 0.2) is 41.3 Å². The van der Waals surface area contributed by atoms with Crippen LogP contribution < -0.4 is 4.90 Å². The summed E-state index contributed by atoms with van der Waals surface area (Å²) in [4.78, 5) is 11.8. The van der Waals surface area contributed by atoms with E-state index in [1.807, 2.05) is 0 Å². The van der Waals surface area contributed by atoms with Crippen LogP contribution in [0.5, 0.6) is 0 Å². The van der Waals surface area contributed by atoms with Crippen molar-refractivity contribution in [2.75, 3.05) is 32.7 Å². The van der Waals surface area contributed by atoms with Crippen LogP contribution >= 0.6 is 0 Å². The molecule has 0 saturated carbocycles. The highest BCUT2D eigenvalue weighted by atomic mass is 32.2. The zero-order valence-corrected chi connectivity index (χ0v) is 15.0. The van der Waals surface area contributed by atoms with Gasteiger partial charge < -0.3 is 4.90 Å². The van der Waals surface area contributed by atoms with Gasteiger partial charge in [-0.3, -0.25) is 10.1 Å². The molecule has 0 radical (unpaired) electrons. The molecule has 0 spiro atoms. The summed E-state index contributed by atoms with van der Waals surface area (Å²) >= 11 is 0. The van der Waals surface area contributed by atoms with Gasteiger partial charge in [0.1, 0.15) is 0 Å². The zero-order valence-electron chi connectivity index (χ0n) is 14.1. The number of hydrogen-bond donors (Lipinski definition) is 1. The lowest BCUT2D eigenvalue weighted by Gasteiger charge is -2.33. The van der Waals surface area contributed by atoms with Gasteiger partial charge in [-0.1, -0.05) is 12.2 Å². The van der Waals surface area contributed by atoms with E-state index in [1.165, 1.54) is 39.9 Å². The van der Waals surface area contributed by atoms with Crippen molar-refractivity contribution in [3.63, 3.8) is 0 Å². The third-order valence-corrected chi connectivity index (χ3v) is 6.98. The van der Waals surface area contributed by atoms with E-state index in [0.29, 0.717) is 19.0 Å². The molecule has 1 aromatic carbocycles. The predicted molar refractivity (Wildman–Crippen MR) is 93.9 cm³/mol. The Morgan fingerprint density at radius 2 is 1.84 bits per heavy atom. The third-order valence-electron chi connectivity index (χ3n) is 5.07. The largest absolute Gasteiger partial charge is 0.333 e. The predicted octanol–water partition coefficient (Wildman–Crippen LogP) is 0.840. The van der Waals surface area contributed by atoms with Gasteiger partial charge in [0.25, 0.3) is 5.69 Å². The molecule has 1 fully saturated rings. The van der Waals surface area contributed by atoms with E-state index in [9.17, 15) is 18.5 Å². The van der Waals surface area contributed by atoms with Crippen molar-refractivity contribution in [3.05, 3.63) is 46.5 Å². The number of nitrogens with one attached hydrogen (secondary N) is 1. The second-order valence-corrected chi connectivity index (χ2v) is 8.70. The molecular weight excluding hydrogens is 342 g/mol. The molecule has 136 valence electrons. The normalized spacial score (nSPS) is 22.8. The first-order valence-corrected chi connectivity index (χ1v) is 10.1. The van der Waals surface area contributed by atoms with E-state index in [-0.39, 0.29) is 10.6 Å². The van der Waals surface area contributed by atoms with Gasteiger partial charge in [0.2, 0.25) is 10.0 Å². The fourth-order valence-corrected chi connectivity index (χ4v) is 5.03. The average molecular weight is 366 g/mol. The first-order chi connectivity index (χ1) is 12.0. The van der Waals surface area contributed by atoms with Gasteiger partial charge in [-0.15, -0.1) is 0 Å². The Kier molecular flexibility index (Phi) is 5.51. The van der Waals surface area contributed by atoms with Crippen LogP contribution in [0.2, 0.25) is 0 Å². The van der Waals surface area contributed by atoms with Gasteiger partial charge in [-0.05, 0) is 31.4 Å². The van der Waals surface area contributed by atoms with Gasteiger partial charge >= 0.3 is 0 Å². The van der Waals surface area contributed by atoms with Crippen molar-refractivity contribution < 1.29 is 18.2 Å². The number of nitrogens with zero attached hydrogens (tertiary/aromatic N) is 2. The molecule has 2 aliphatic rings. The number of nitro groups is 1. The minimum absolute atomic E-state index is 0.102. The highest BCUT2D eigenvalue weighted by Gasteiger charge is 2.31. The van der Waals surface area contributed by atoms with Crippen molar-refractivity contribution in [2.24, 2.45) is 5.92 Å². The lowest BCUT2D eigenvalue weighted by atomic mass is 9.94. The second-order valence-electron chi connectivity index (χ2n) is 6.76. The molecule has 1 atom stereocenters. The smallest absolute Gasteiger partial charge is 0.269 e. The topological polar surface area (TPSA) is 85.0 Å². The van der Waals surface area contributed by atoms with Crippen molar-refractivity contribution in [1.82, 2.24) is 4.31 Å². The second kappa shape index (κ2) is 7.63. The van der Waals surface area contributed by atoms with Crippen LogP contribution in [0, 0.1) is 16.0 Å². The fourth-order valence-electron chi connectivity index (χ4n) is 3.59. The maximum absolute atomic E-state index is 12.7. The van der Waals surface area contributed by atoms with Gasteiger partial charge in [0.05, 0.1) is 42.5 Å². The molecule has 0 aromatic heterocycles. The Labute approximate surface area is 148 Å². The average Bonchev–Trinajstić information content (AvgIpc) is 2.63. The van der Waals surface area contributed by atoms with Crippen molar-refractivity contribution >= 4 is 15.7 Å². The summed E-state index contributed by atoms with van der Waals surface area (Å²) in [6.45, 7) is 3.73. The van der Waals surface area contributed by atoms with Gasteiger partial charge in [-0.2, -0.15) is 4.31 Å². The van der Waals surface area contributed by atoms with Gasteiger partial charge in [0, 0.05) is 18.1 Å². The molecule has 0 bridgehead atoms. The van der Waals surface area contributed by atoms with Crippen LogP contribution in [0.1, 0.15) is 19.3 Å². The summed E-state index contributed by atoms with van der Waals surface area (Å²) in [6.07, 6.45) is 8.00. The Morgan fingerprint density at radius 1 is 1.16 bits per heavy atom. The number of quaternary nitrogens is 1. The summed E-state index contributed by atoms with van der Waals surface area (Å²) < 4.78 is 26.9. The van der Waals surface area contributed by atoms with Crippen LogP contribution in [0.25, 0.3) is 0 Å². The summed E-state index contributed by atoms with van der Waals surface area (Å²) in [6, 6.07) is 5.12. The Balaban J connectivity index is 1.59. The molecule has 0 unspecified atom stereocenters. The number of nitro benzene ring substituents is 1. The number of benzene rings is 1. The Bertz CT molecular complexity index is 738. The fraction of sp³-hybridized carbons (Fsp3) is 0.529. The number of rotatable bonds is 5. The minimum atomic E-state index is -3.57. The standard InChI is InChI=1S/C17H23N3O4S/c21-20(22)16-6-8-17(9-7-16)25(23,24)19-12-10-18(11-13-19)14-15-4-2-1-3-5-15/h1-2,6-9,15H,3-5,10-14H2/p+1/t15-/m0/s1. The highest BCUT2D eigenvalue weighted by molar-refractivity contribution is 7.89. The molecule has 1 saturated heterocycles. The maximum Gasteiger partial charge on any atom is 0.269 e. The monoisotopic (exact) mass is 366 g/mol. The van der Waals surface area contributed by atoms with E-state index in [2.05, 4.69) is 12.2 Å². The molecule has 1 aromatic rings. The quantitative estimate of drug-likeness (QED) is 0.475. The summed E-state index contributed by atoms with van der Waals surface area (Å²) in [7, 11) is -3.57. The van der Waals surface area contributed by atoms with Crippen LogP contribution in [0.4, 0.5) is 5.69 Å². The number of piperazine rings is 1. The number of non-ortho nitro benzene ring substituents is 1. The van der Waals surface area contributed by atoms with Crippen LogP contribution in [-0.4, -0.2) is 50.4 Å². The maximum atomic E-state index is 12.7. The van der Waals surface area contributed by atoms with Crippen LogP contribution in [0.3, 0.4) is 0 Å². The number of allylic oxidation sites excluding steroid dienone is 2. The highest BCUT2D eigenvalue weighted by Crippen LogP contribution is 2.20. The first-order valence-electron chi connectivity index (χ1n) is 8.70. The molecule has 1 aliphatic carbocycles.